The summed E-state index contributed by atoms with van der Waals surface area (Å²) in [5, 5.41) is 54.1. The fourth-order valence-corrected chi connectivity index (χ4v) is 8.40. The molecule has 0 bridgehead atoms. The normalized spacial score (nSPS) is 19.8. The highest BCUT2D eigenvalue weighted by atomic mass is 16.7. The van der Waals surface area contributed by atoms with E-state index in [-0.39, 0.29) is 18.5 Å². The Kier molecular flexibility index (Phi) is 44.0. The molecule has 7 atom stereocenters. The van der Waals surface area contributed by atoms with Gasteiger partial charge in [0.25, 0.3) is 0 Å². The van der Waals surface area contributed by atoms with Gasteiger partial charge in [0, 0.05) is 12.8 Å². The van der Waals surface area contributed by atoms with Gasteiger partial charge in [-0.1, -0.05) is 184 Å². The van der Waals surface area contributed by atoms with Crippen LogP contribution >= 0.6 is 0 Å². The minimum Gasteiger partial charge on any atom is -0.466 e. The number of nitrogens with one attached hydrogen (secondary N) is 1. The number of carbonyl (C=O) groups excluding carboxylic acids is 2. The van der Waals surface area contributed by atoms with Crippen LogP contribution < -0.4 is 5.32 Å². The number of carbonyl (C=O) groups is 2. The maximum atomic E-state index is 13.0. The van der Waals surface area contributed by atoms with Gasteiger partial charge in [-0.25, -0.2) is 0 Å². The van der Waals surface area contributed by atoms with Gasteiger partial charge >= 0.3 is 5.97 Å². The van der Waals surface area contributed by atoms with E-state index in [2.05, 4.69) is 55.6 Å². The van der Waals surface area contributed by atoms with Crippen LogP contribution in [0.5, 0.6) is 0 Å². The van der Waals surface area contributed by atoms with Crippen molar-refractivity contribution in [2.75, 3.05) is 19.8 Å². The lowest BCUT2D eigenvalue weighted by molar-refractivity contribution is -0.302. The van der Waals surface area contributed by atoms with E-state index < -0.39 is 49.5 Å². The molecule has 7 unspecified atom stereocenters. The Hall–Kier alpha value is -2.38. The van der Waals surface area contributed by atoms with Crippen LogP contribution in [-0.2, 0) is 23.8 Å². The summed E-state index contributed by atoms with van der Waals surface area (Å²) in [6.07, 6.45) is 47.7. The van der Waals surface area contributed by atoms with Gasteiger partial charge < -0.3 is 45.1 Å². The molecule has 0 spiro atoms. The smallest absolute Gasteiger partial charge is 0.305 e. The van der Waals surface area contributed by atoms with Crippen LogP contribution in [0, 0.1) is 0 Å². The Balaban J connectivity index is 2.09. The van der Waals surface area contributed by atoms with E-state index in [1.165, 1.54) is 109 Å². The molecule has 1 heterocycles. The Morgan fingerprint density at radius 1 is 0.544 bits per heavy atom. The van der Waals surface area contributed by atoms with Crippen molar-refractivity contribution in [1.29, 1.82) is 0 Å². The molecule has 11 nitrogen and oxygen atoms in total. The van der Waals surface area contributed by atoms with Gasteiger partial charge in [0.1, 0.15) is 24.4 Å². The van der Waals surface area contributed by atoms with Crippen LogP contribution in [0.25, 0.3) is 0 Å². The SMILES string of the molecule is CCCCC/C=C\C/C=C\CCCCCCCC(=O)OCCCCCCCCC/C=C\CCCCCCCC(=O)NC(COC1OC(CO)C(O)C(O)C1O)C(O)/C=C/CCCCCCCCC. The third-order valence-electron chi connectivity index (χ3n) is 12.9. The average Bonchev–Trinajstić information content (AvgIpc) is 3.33. The number of allylic oxidation sites excluding steroid dienone is 7. The molecule has 0 aromatic carbocycles. The van der Waals surface area contributed by atoms with Crippen molar-refractivity contribution in [3.63, 3.8) is 0 Å². The fraction of sp³-hybridized carbons (Fsp3) is 0.825. The standard InChI is InChI=1S/C57H103NO10/c1-3-5-7-9-11-13-14-15-18-22-25-29-33-37-41-45-53(62)66-46-42-38-34-30-26-23-20-17-16-19-21-24-28-32-36-40-44-52(61)58-49(50(60)43-39-35-31-27-12-10-8-6-4-2)48-67-57-56(65)55(64)54(63)51(47-59)68-57/h11,13,15-16,18-19,39,43,49-51,54-57,59-60,63-65H,3-10,12,14,17,20-38,40-42,44-48H2,1-2H3,(H,58,61)/b13-11-,18-15-,19-16-,43-39+. The summed E-state index contributed by atoms with van der Waals surface area (Å²) in [4.78, 5) is 25.0. The predicted octanol–water partition coefficient (Wildman–Crippen LogP) is 12.1. The van der Waals surface area contributed by atoms with Gasteiger partial charge in [-0.15, -0.1) is 0 Å². The van der Waals surface area contributed by atoms with Crippen molar-refractivity contribution in [3.8, 4) is 0 Å². The second-order valence-corrected chi connectivity index (χ2v) is 19.3. The molecule has 1 aliphatic rings. The molecule has 396 valence electrons. The molecule has 1 aliphatic heterocycles. The monoisotopic (exact) mass is 962 g/mol. The lowest BCUT2D eigenvalue weighted by atomic mass is 9.99. The van der Waals surface area contributed by atoms with Crippen LogP contribution in [0.4, 0.5) is 0 Å². The van der Waals surface area contributed by atoms with Crippen molar-refractivity contribution in [2.24, 2.45) is 0 Å². The Morgan fingerprint density at radius 3 is 1.53 bits per heavy atom. The van der Waals surface area contributed by atoms with Crippen molar-refractivity contribution in [1.82, 2.24) is 5.32 Å². The molecule has 0 aromatic heterocycles. The molecule has 11 heteroatoms. The number of esters is 1. The number of ether oxygens (including phenoxy) is 3. The molecular formula is C57H103NO10. The molecule has 0 aliphatic carbocycles. The number of aliphatic hydroxyl groups is 5. The first-order chi connectivity index (χ1) is 33.2. The summed E-state index contributed by atoms with van der Waals surface area (Å²) in [5.74, 6) is -0.239. The van der Waals surface area contributed by atoms with E-state index in [9.17, 15) is 35.1 Å². The topological polar surface area (TPSA) is 175 Å². The van der Waals surface area contributed by atoms with E-state index in [4.69, 9.17) is 14.2 Å². The number of hydrogen-bond acceptors (Lipinski definition) is 10. The molecule has 1 rings (SSSR count). The van der Waals surface area contributed by atoms with Crippen LogP contribution in [0.2, 0.25) is 0 Å². The van der Waals surface area contributed by atoms with E-state index in [1.54, 1.807) is 6.08 Å². The highest BCUT2D eigenvalue weighted by Gasteiger charge is 2.44. The summed E-state index contributed by atoms with van der Waals surface area (Å²) in [6.45, 7) is 4.23. The van der Waals surface area contributed by atoms with E-state index >= 15 is 0 Å². The van der Waals surface area contributed by atoms with Crippen molar-refractivity contribution >= 4 is 11.9 Å². The second-order valence-electron chi connectivity index (χ2n) is 19.3. The van der Waals surface area contributed by atoms with Crippen molar-refractivity contribution in [3.05, 3.63) is 48.6 Å². The number of unbranched alkanes of at least 4 members (excludes halogenated alkanes) is 27. The Labute approximate surface area is 415 Å². The van der Waals surface area contributed by atoms with Gasteiger partial charge in [-0.05, 0) is 89.9 Å². The van der Waals surface area contributed by atoms with Gasteiger partial charge in [-0.3, -0.25) is 9.59 Å². The minimum absolute atomic E-state index is 0.0358. The average molecular weight is 962 g/mol. The maximum absolute atomic E-state index is 13.0. The van der Waals surface area contributed by atoms with Crippen molar-refractivity contribution in [2.45, 2.75) is 281 Å². The Bertz CT molecular complexity index is 1270. The molecular weight excluding hydrogens is 859 g/mol. The Morgan fingerprint density at radius 2 is 0.985 bits per heavy atom. The van der Waals surface area contributed by atoms with Gasteiger partial charge in [0.2, 0.25) is 5.91 Å². The summed E-state index contributed by atoms with van der Waals surface area (Å²) in [5.41, 5.74) is 0. The summed E-state index contributed by atoms with van der Waals surface area (Å²) >= 11 is 0. The van der Waals surface area contributed by atoms with Crippen LogP contribution in [0.15, 0.2) is 48.6 Å². The first-order valence-corrected chi connectivity index (χ1v) is 27.9. The fourth-order valence-electron chi connectivity index (χ4n) is 8.40. The molecule has 6 N–H and O–H groups in total. The van der Waals surface area contributed by atoms with Crippen LogP contribution in [-0.4, -0.2) is 100 Å². The highest BCUT2D eigenvalue weighted by Crippen LogP contribution is 2.23. The predicted molar refractivity (Wildman–Crippen MR) is 278 cm³/mol. The highest BCUT2D eigenvalue weighted by molar-refractivity contribution is 5.76. The number of hydrogen-bond donors (Lipinski definition) is 6. The van der Waals surface area contributed by atoms with Crippen molar-refractivity contribution < 1.29 is 49.3 Å². The zero-order valence-corrected chi connectivity index (χ0v) is 43.3. The lowest BCUT2D eigenvalue weighted by Crippen LogP contribution is -2.60. The summed E-state index contributed by atoms with van der Waals surface area (Å²) in [7, 11) is 0. The zero-order valence-electron chi connectivity index (χ0n) is 43.3. The first-order valence-electron chi connectivity index (χ1n) is 27.9. The summed E-state index contributed by atoms with van der Waals surface area (Å²) in [6, 6.07) is -0.822. The second kappa shape index (κ2) is 47.0. The van der Waals surface area contributed by atoms with E-state index in [0.717, 1.165) is 103 Å². The van der Waals surface area contributed by atoms with Gasteiger partial charge in [-0.2, -0.15) is 0 Å². The third kappa shape index (κ3) is 36.5. The molecule has 0 radical (unpaired) electrons. The zero-order chi connectivity index (χ0) is 49.6. The number of aliphatic hydroxyl groups excluding tert-OH is 5. The quantitative estimate of drug-likeness (QED) is 0.0196. The van der Waals surface area contributed by atoms with Gasteiger partial charge in [0.15, 0.2) is 6.29 Å². The number of rotatable bonds is 47. The van der Waals surface area contributed by atoms with Crippen LogP contribution in [0.1, 0.15) is 239 Å². The molecule has 1 saturated heterocycles. The molecule has 1 amide bonds. The maximum Gasteiger partial charge on any atom is 0.305 e. The largest absolute Gasteiger partial charge is 0.466 e. The van der Waals surface area contributed by atoms with Gasteiger partial charge in [0.05, 0.1) is 32.0 Å². The summed E-state index contributed by atoms with van der Waals surface area (Å²) < 4.78 is 16.6. The lowest BCUT2D eigenvalue weighted by Gasteiger charge is -2.40. The van der Waals surface area contributed by atoms with E-state index in [1.807, 2.05) is 6.08 Å². The van der Waals surface area contributed by atoms with Crippen LogP contribution in [0.3, 0.4) is 0 Å². The molecule has 0 aromatic rings. The molecule has 0 saturated carbocycles. The van der Waals surface area contributed by atoms with E-state index in [0.29, 0.717) is 19.4 Å². The first kappa shape index (κ1) is 63.6. The third-order valence-corrected chi connectivity index (χ3v) is 12.9. The number of amides is 1. The molecule has 1 fully saturated rings. The minimum atomic E-state index is -1.58. The molecule has 68 heavy (non-hydrogen) atoms.